The monoisotopic (exact) mass is 472 g/mol. The first-order chi connectivity index (χ1) is 14.7. The Morgan fingerprint density at radius 3 is 1.55 bits per heavy atom. The predicted molar refractivity (Wildman–Crippen MR) is 126 cm³/mol. The molecule has 0 aliphatic rings. The third kappa shape index (κ3) is 7.18. The van der Waals surface area contributed by atoms with Crippen LogP contribution in [-0.4, -0.2) is 16.1 Å². The van der Waals surface area contributed by atoms with Crippen molar-refractivity contribution in [2.45, 2.75) is 12.8 Å². The Labute approximate surface area is 199 Å². The first-order valence-corrected chi connectivity index (χ1v) is 10.5. The first-order valence-electron chi connectivity index (χ1n) is 9.95. The van der Waals surface area contributed by atoms with E-state index in [9.17, 15) is 10.2 Å². The minimum atomic E-state index is 0. The minimum Gasteiger partial charge on any atom is -0.748 e. The van der Waals surface area contributed by atoms with Crippen LogP contribution in [0.15, 0.2) is 103 Å². The molecule has 166 valence electrons. The van der Waals surface area contributed by atoms with Gasteiger partial charge in [0.15, 0.2) is 0 Å². The van der Waals surface area contributed by atoms with Crippen LogP contribution in [0.4, 0.5) is 0 Å². The molecule has 4 rings (SSSR count). The van der Waals surface area contributed by atoms with E-state index in [0.29, 0.717) is 5.88 Å². The molecule has 31 heavy (non-hydrogen) atoms. The molecule has 0 fully saturated rings. The number of benzene rings is 2. The van der Waals surface area contributed by atoms with Crippen LogP contribution < -0.4 is 0 Å². The van der Waals surface area contributed by atoms with Gasteiger partial charge in [-0.05, 0) is 37.1 Å². The van der Waals surface area contributed by atoms with E-state index in [4.69, 9.17) is 11.6 Å². The van der Waals surface area contributed by atoms with E-state index < -0.39 is 0 Å². The molecule has 0 saturated heterocycles. The summed E-state index contributed by atoms with van der Waals surface area (Å²) in [6, 6.07) is 32.7. The van der Waals surface area contributed by atoms with Crippen molar-refractivity contribution in [2.75, 3.05) is 5.88 Å². The Morgan fingerprint density at radius 1 is 0.742 bits per heavy atom. The Morgan fingerprint density at radius 2 is 1.16 bits per heavy atom. The smallest absolute Gasteiger partial charge is 0.115 e. The minimum absolute atomic E-state index is 0. The summed E-state index contributed by atoms with van der Waals surface area (Å²) in [5.41, 5.74) is 5.52. The number of phenols is 2. The summed E-state index contributed by atoms with van der Waals surface area (Å²) in [7, 11) is 0. The third-order valence-electron chi connectivity index (χ3n) is 4.74. The molecule has 2 N–H and O–H groups in total. The molecule has 4 heteroatoms. The third-order valence-corrected chi connectivity index (χ3v) is 5.01. The molecular weight excluding hydrogens is 448 g/mol. The van der Waals surface area contributed by atoms with Crippen LogP contribution in [-0.2, 0) is 17.1 Å². The fraction of sp³-hybridized carbons (Fsp3) is 0.111. The summed E-state index contributed by atoms with van der Waals surface area (Å²) >= 11 is 5.96. The summed E-state index contributed by atoms with van der Waals surface area (Å²) in [6.45, 7) is 0. The van der Waals surface area contributed by atoms with Gasteiger partial charge in [0.1, 0.15) is 11.5 Å². The van der Waals surface area contributed by atoms with Crippen molar-refractivity contribution in [3.63, 3.8) is 0 Å². The van der Waals surface area contributed by atoms with Crippen LogP contribution in [0.3, 0.4) is 0 Å². The largest absolute Gasteiger partial charge is 0.748 e. The van der Waals surface area contributed by atoms with Crippen LogP contribution in [0, 0.1) is 0 Å². The fourth-order valence-corrected chi connectivity index (χ4v) is 3.46. The number of hydrogen-bond donors (Lipinski definition) is 2. The number of halogens is 1. The van der Waals surface area contributed by atoms with E-state index in [1.54, 1.807) is 24.3 Å². The van der Waals surface area contributed by atoms with E-state index >= 15 is 0 Å². The average molecular weight is 473 g/mol. The molecule has 0 aliphatic carbocycles. The number of rotatable bonds is 6. The molecule has 0 unspecified atom stereocenters. The van der Waals surface area contributed by atoms with Crippen molar-refractivity contribution < 1.29 is 27.3 Å². The van der Waals surface area contributed by atoms with Crippen LogP contribution in [0.25, 0.3) is 11.1 Å². The second kappa shape index (κ2) is 12.9. The summed E-state index contributed by atoms with van der Waals surface area (Å²) < 4.78 is 0. The van der Waals surface area contributed by atoms with Gasteiger partial charge in [-0.1, -0.05) is 41.0 Å². The fourth-order valence-electron chi connectivity index (χ4n) is 3.32. The molecule has 4 aromatic carbocycles. The van der Waals surface area contributed by atoms with Crippen molar-refractivity contribution in [1.29, 1.82) is 0 Å². The molecule has 0 heterocycles. The zero-order chi connectivity index (χ0) is 21.2. The van der Waals surface area contributed by atoms with Crippen molar-refractivity contribution >= 4 is 22.7 Å². The number of phenolic OH excluding ortho intramolecular Hbond substituents is 2. The van der Waals surface area contributed by atoms with Gasteiger partial charge in [0.2, 0.25) is 0 Å². The van der Waals surface area contributed by atoms with Crippen LogP contribution in [0.2, 0.25) is 0 Å². The molecule has 0 spiro atoms. The van der Waals surface area contributed by atoms with Gasteiger partial charge < -0.3 is 40.5 Å². The first kappa shape index (κ1) is 24.6. The number of aromatic hydroxyl groups is 2. The van der Waals surface area contributed by atoms with Gasteiger partial charge in [-0.2, -0.15) is 12.1 Å². The summed E-state index contributed by atoms with van der Waals surface area (Å²) in [5.74, 6) is 1.08. The maximum atomic E-state index is 9.64. The van der Waals surface area contributed by atoms with Gasteiger partial charge in [0, 0.05) is 22.9 Å². The van der Waals surface area contributed by atoms with Gasteiger partial charge in [0.25, 0.3) is 0 Å². The van der Waals surface area contributed by atoms with E-state index in [-0.39, 0.29) is 28.6 Å². The van der Waals surface area contributed by atoms with Gasteiger partial charge in [0.05, 0.1) is 0 Å². The van der Waals surface area contributed by atoms with Crippen LogP contribution >= 0.6 is 11.6 Å². The van der Waals surface area contributed by atoms with Gasteiger partial charge in [-0.3, -0.25) is 0 Å². The molecule has 0 aromatic heterocycles. The molecule has 0 atom stereocenters. The normalized spacial score (nSPS) is 9.84. The van der Waals surface area contributed by atoms with E-state index in [2.05, 4.69) is 12.1 Å². The summed E-state index contributed by atoms with van der Waals surface area (Å²) in [5, 5.41) is 19.3. The van der Waals surface area contributed by atoms with Gasteiger partial charge in [-0.25, -0.2) is 0 Å². The van der Waals surface area contributed by atoms with Crippen LogP contribution in [0.5, 0.6) is 11.5 Å². The zero-order valence-electron chi connectivity index (χ0n) is 17.1. The maximum absolute atomic E-state index is 9.64. The topological polar surface area (TPSA) is 40.5 Å². The van der Waals surface area contributed by atoms with Crippen molar-refractivity contribution in [3.8, 4) is 11.5 Å². The molecule has 0 radical (unpaired) electrons. The Bertz CT molecular complexity index is 951. The molecule has 0 aliphatic heterocycles. The Hall–Kier alpha value is -2.71. The van der Waals surface area contributed by atoms with Crippen molar-refractivity contribution in [1.82, 2.24) is 0 Å². The summed E-state index contributed by atoms with van der Waals surface area (Å²) in [6.07, 6.45) is 1.73. The molecule has 0 bridgehead atoms. The standard InChI is InChI=1S/C22H20ClO2.C5H5.Fe/c23-15-3-6-21(16-4-1-2-5-16)22(17-7-11-19(24)12-8-17)18-9-13-20(25)14-10-18;1-2-4-5-3-1;/h1-2,4-5,7-14,24-25H,3,6,15H2;1-5H;/q-1;-5;. The van der Waals surface area contributed by atoms with Gasteiger partial charge >= 0.3 is 0 Å². The molecule has 4 aromatic rings. The second-order valence-electron chi connectivity index (χ2n) is 6.88. The molecule has 0 saturated carbocycles. The SMILES string of the molecule is Oc1ccc(C(=C(CCCCl)[c-]2cccc2)c2ccc(O)cc2)cc1.[Fe].[cH-]1[cH-][cH-][cH-][cH-]1. The second-order valence-corrected chi connectivity index (χ2v) is 7.25. The van der Waals surface area contributed by atoms with Crippen molar-refractivity contribution in [2.24, 2.45) is 0 Å². The Balaban J connectivity index is 0.000000501. The van der Waals surface area contributed by atoms with Crippen LogP contribution in [0.1, 0.15) is 29.5 Å². The summed E-state index contributed by atoms with van der Waals surface area (Å²) in [4.78, 5) is 0. The number of hydrogen-bond acceptors (Lipinski definition) is 2. The number of alkyl halides is 1. The van der Waals surface area contributed by atoms with E-state index in [1.807, 2.05) is 66.7 Å². The molecule has 2 nitrogen and oxygen atoms in total. The molecule has 0 amide bonds. The molecular formula is C27H25ClFeO2-6. The maximum Gasteiger partial charge on any atom is 0.115 e. The number of allylic oxidation sites excluding steroid dienone is 1. The van der Waals surface area contributed by atoms with Gasteiger partial charge in [-0.15, -0.1) is 34.9 Å². The zero-order valence-corrected chi connectivity index (χ0v) is 18.9. The average Bonchev–Trinajstić information content (AvgIpc) is 3.50. The Kier molecular flexibility index (Phi) is 10.2. The quantitative estimate of drug-likeness (QED) is 0.177. The van der Waals surface area contributed by atoms with Crippen molar-refractivity contribution in [3.05, 3.63) is 120 Å². The van der Waals surface area contributed by atoms with E-state index in [0.717, 1.165) is 29.5 Å². The van der Waals surface area contributed by atoms with E-state index in [1.165, 1.54) is 11.1 Å². The predicted octanol–water partition coefficient (Wildman–Crippen LogP) is 7.20.